The minimum Gasteiger partial charge on any atom is -0.384 e. The van der Waals surface area contributed by atoms with Crippen molar-refractivity contribution in [2.75, 3.05) is 6.61 Å². The van der Waals surface area contributed by atoms with Gasteiger partial charge in [-0.3, -0.25) is 9.59 Å². The molecule has 1 rings (SSSR count). The Kier molecular flexibility index (Phi) is 4.67. The number of hydrogen-bond acceptors (Lipinski definition) is 3. The molecule has 100 valence electrons. The van der Waals surface area contributed by atoms with Crippen molar-refractivity contribution in [2.45, 2.75) is 19.4 Å². The summed E-state index contributed by atoms with van der Waals surface area (Å²) in [6.45, 7) is 2.86. The van der Waals surface area contributed by atoms with Crippen molar-refractivity contribution in [3.63, 3.8) is 0 Å². The summed E-state index contributed by atoms with van der Waals surface area (Å²) in [7, 11) is 0. The standard InChI is InChI=1S/C14H16N2O3/c1-14(2,13(15)19)16-12(18)11-7-5-10(6-8-11)4-3-9-17/h5-8,17H,9H2,1-2H3,(H2,15,19)(H,16,18). The van der Waals surface area contributed by atoms with Gasteiger partial charge in [0.1, 0.15) is 12.1 Å². The number of aliphatic hydroxyl groups is 1. The fraction of sp³-hybridized carbons (Fsp3) is 0.286. The molecule has 0 fully saturated rings. The number of carbonyl (C=O) groups excluding carboxylic acids is 2. The Labute approximate surface area is 111 Å². The number of benzene rings is 1. The zero-order valence-corrected chi connectivity index (χ0v) is 10.9. The van der Waals surface area contributed by atoms with E-state index >= 15 is 0 Å². The van der Waals surface area contributed by atoms with Crippen LogP contribution in [0.3, 0.4) is 0 Å². The van der Waals surface area contributed by atoms with E-state index in [0.29, 0.717) is 11.1 Å². The summed E-state index contributed by atoms with van der Waals surface area (Å²) in [4.78, 5) is 23.0. The quantitative estimate of drug-likeness (QED) is 0.669. The van der Waals surface area contributed by atoms with E-state index in [4.69, 9.17) is 10.8 Å². The van der Waals surface area contributed by atoms with Crippen LogP contribution in [-0.4, -0.2) is 29.1 Å². The third-order valence-corrected chi connectivity index (χ3v) is 2.50. The second-order valence-corrected chi connectivity index (χ2v) is 4.48. The molecular formula is C14H16N2O3. The Morgan fingerprint density at radius 1 is 1.32 bits per heavy atom. The number of primary amides is 1. The monoisotopic (exact) mass is 260 g/mol. The van der Waals surface area contributed by atoms with Gasteiger partial charge in [-0.25, -0.2) is 0 Å². The number of amides is 2. The number of carbonyl (C=O) groups is 2. The van der Waals surface area contributed by atoms with Crippen molar-refractivity contribution >= 4 is 11.8 Å². The molecule has 0 radical (unpaired) electrons. The van der Waals surface area contributed by atoms with Crippen LogP contribution < -0.4 is 11.1 Å². The fourth-order valence-corrected chi connectivity index (χ4v) is 1.26. The molecule has 0 aliphatic heterocycles. The van der Waals surface area contributed by atoms with Gasteiger partial charge in [0.2, 0.25) is 5.91 Å². The third-order valence-electron chi connectivity index (χ3n) is 2.50. The van der Waals surface area contributed by atoms with Crippen LogP contribution in [-0.2, 0) is 4.79 Å². The van der Waals surface area contributed by atoms with E-state index < -0.39 is 11.4 Å². The summed E-state index contributed by atoms with van der Waals surface area (Å²) in [5.41, 5.74) is 5.18. The number of nitrogens with two attached hydrogens (primary N) is 1. The van der Waals surface area contributed by atoms with Gasteiger partial charge < -0.3 is 16.2 Å². The first-order chi connectivity index (χ1) is 8.86. The van der Waals surface area contributed by atoms with Gasteiger partial charge >= 0.3 is 0 Å². The van der Waals surface area contributed by atoms with Crippen molar-refractivity contribution in [3.8, 4) is 11.8 Å². The second-order valence-electron chi connectivity index (χ2n) is 4.48. The first-order valence-electron chi connectivity index (χ1n) is 5.69. The van der Waals surface area contributed by atoms with Crippen LogP contribution in [0, 0.1) is 11.8 Å². The van der Waals surface area contributed by atoms with Gasteiger partial charge in [-0.1, -0.05) is 11.8 Å². The molecule has 4 N–H and O–H groups in total. The van der Waals surface area contributed by atoms with Gasteiger partial charge in [-0.05, 0) is 38.1 Å². The summed E-state index contributed by atoms with van der Waals surface area (Å²) in [6, 6.07) is 6.51. The van der Waals surface area contributed by atoms with Gasteiger partial charge in [0, 0.05) is 11.1 Å². The Hall–Kier alpha value is -2.32. The molecule has 0 bridgehead atoms. The molecule has 19 heavy (non-hydrogen) atoms. The van der Waals surface area contributed by atoms with Crippen molar-refractivity contribution < 1.29 is 14.7 Å². The number of hydrogen-bond donors (Lipinski definition) is 3. The van der Waals surface area contributed by atoms with Crippen molar-refractivity contribution in [1.29, 1.82) is 0 Å². The minimum absolute atomic E-state index is 0.213. The summed E-state index contributed by atoms with van der Waals surface area (Å²) in [5.74, 6) is 4.24. The maximum atomic E-state index is 11.9. The topological polar surface area (TPSA) is 92.4 Å². The first-order valence-corrected chi connectivity index (χ1v) is 5.69. The molecule has 5 nitrogen and oxygen atoms in total. The molecule has 1 aromatic carbocycles. The van der Waals surface area contributed by atoms with Crippen LogP contribution in [0.15, 0.2) is 24.3 Å². The maximum Gasteiger partial charge on any atom is 0.252 e. The molecule has 0 unspecified atom stereocenters. The molecule has 0 saturated heterocycles. The lowest BCUT2D eigenvalue weighted by molar-refractivity contribution is -0.122. The largest absolute Gasteiger partial charge is 0.384 e. The van der Waals surface area contributed by atoms with Gasteiger partial charge in [-0.15, -0.1) is 0 Å². The van der Waals surface area contributed by atoms with E-state index in [2.05, 4.69) is 17.2 Å². The Bertz CT molecular complexity index is 536. The molecule has 0 aliphatic carbocycles. The van der Waals surface area contributed by atoms with Crippen LogP contribution >= 0.6 is 0 Å². The molecule has 5 heteroatoms. The molecule has 0 aliphatic rings. The van der Waals surface area contributed by atoms with Gasteiger partial charge in [-0.2, -0.15) is 0 Å². The van der Waals surface area contributed by atoms with E-state index in [1.165, 1.54) is 13.8 Å². The molecule has 1 aromatic rings. The summed E-state index contributed by atoms with van der Waals surface area (Å²) >= 11 is 0. The zero-order chi connectivity index (χ0) is 14.5. The lowest BCUT2D eigenvalue weighted by Gasteiger charge is -2.22. The number of aliphatic hydroxyl groups excluding tert-OH is 1. The highest BCUT2D eigenvalue weighted by atomic mass is 16.2. The molecule has 0 spiro atoms. The summed E-state index contributed by atoms with van der Waals surface area (Å²) in [5, 5.41) is 11.1. The highest BCUT2D eigenvalue weighted by Crippen LogP contribution is 2.07. The van der Waals surface area contributed by atoms with Crippen molar-refractivity contribution in [1.82, 2.24) is 5.32 Å². The smallest absolute Gasteiger partial charge is 0.252 e. The zero-order valence-electron chi connectivity index (χ0n) is 10.9. The van der Waals surface area contributed by atoms with Crippen molar-refractivity contribution in [3.05, 3.63) is 35.4 Å². The molecule has 0 aromatic heterocycles. The van der Waals surface area contributed by atoms with Crippen molar-refractivity contribution in [2.24, 2.45) is 5.73 Å². The normalized spacial score (nSPS) is 10.3. The van der Waals surface area contributed by atoms with Gasteiger partial charge in [0.15, 0.2) is 0 Å². The lowest BCUT2D eigenvalue weighted by atomic mass is 10.0. The number of nitrogens with one attached hydrogen (secondary N) is 1. The average Bonchev–Trinajstić information content (AvgIpc) is 2.36. The van der Waals surface area contributed by atoms with E-state index in [1.54, 1.807) is 24.3 Å². The van der Waals surface area contributed by atoms with Crippen LogP contribution in [0.1, 0.15) is 29.8 Å². The van der Waals surface area contributed by atoms with E-state index in [1.807, 2.05) is 0 Å². The highest BCUT2D eigenvalue weighted by Gasteiger charge is 2.27. The average molecular weight is 260 g/mol. The molecule has 2 amide bonds. The summed E-state index contributed by atoms with van der Waals surface area (Å²) in [6.07, 6.45) is 0. The van der Waals surface area contributed by atoms with Crippen LogP contribution in [0.2, 0.25) is 0 Å². The second kappa shape index (κ2) is 6.03. The SMILES string of the molecule is CC(C)(NC(=O)c1ccc(C#CCO)cc1)C(N)=O. The third kappa shape index (κ3) is 4.12. The Balaban J connectivity index is 2.82. The Morgan fingerprint density at radius 2 is 1.89 bits per heavy atom. The summed E-state index contributed by atoms with van der Waals surface area (Å²) < 4.78 is 0. The van der Waals surface area contributed by atoms with Crippen LogP contribution in [0.25, 0.3) is 0 Å². The van der Waals surface area contributed by atoms with E-state index in [9.17, 15) is 9.59 Å². The minimum atomic E-state index is -1.10. The molecule has 0 saturated carbocycles. The fourth-order valence-electron chi connectivity index (χ4n) is 1.26. The molecular weight excluding hydrogens is 244 g/mol. The predicted octanol–water partition coefficient (Wildman–Crippen LogP) is 0.0241. The van der Waals surface area contributed by atoms with Crippen LogP contribution in [0.4, 0.5) is 0 Å². The highest BCUT2D eigenvalue weighted by molar-refractivity contribution is 5.98. The first kappa shape index (κ1) is 14.7. The van der Waals surface area contributed by atoms with E-state index in [-0.39, 0.29) is 12.5 Å². The molecule has 0 heterocycles. The van der Waals surface area contributed by atoms with Gasteiger partial charge in [0.25, 0.3) is 5.91 Å². The Morgan fingerprint density at radius 3 is 2.37 bits per heavy atom. The maximum absolute atomic E-state index is 11.9. The molecule has 0 atom stereocenters. The number of rotatable bonds is 3. The lowest BCUT2D eigenvalue weighted by Crippen LogP contribution is -2.52. The van der Waals surface area contributed by atoms with E-state index in [0.717, 1.165) is 0 Å². The van der Waals surface area contributed by atoms with Crippen LogP contribution in [0.5, 0.6) is 0 Å². The predicted molar refractivity (Wildman–Crippen MR) is 71.1 cm³/mol. The van der Waals surface area contributed by atoms with Gasteiger partial charge in [0.05, 0.1) is 0 Å².